The summed E-state index contributed by atoms with van der Waals surface area (Å²) in [6.07, 6.45) is 1.71. The molecule has 0 aliphatic carbocycles. The van der Waals surface area contributed by atoms with E-state index in [1.807, 2.05) is 20.8 Å². The Labute approximate surface area is 112 Å². The third-order valence-electron chi connectivity index (χ3n) is 2.71. The van der Waals surface area contributed by atoms with E-state index in [1.54, 1.807) is 0 Å². The van der Waals surface area contributed by atoms with Gasteiger partial charge in [0, 0.05) is 11.9 Å². The zero-order valence-electron chi connectivity index (χ0n) is 10.8. The van der Waals surface area contributed by atoms with Gasteiger partial charge in [0.05, 0.1) is 6.20 Å². The second-order valence-corrected chi connectivity index (χ2v) is 5.61. The molecule has 0 spiro atoms. The predicted molar refractivity (Wildman–Crippen MR) is 70.2 cm³/mol. The Morgan fingerprint density at radius 2 is 2.17 bits per heavy atom. The topological polar surface area (TPSA) is 42.0 Å². The third kappa shape index (κ3) is 4.26. The van der Waals surface area contributed by atoms with Crippen molar-refractivity contribution >= 4 is 17.5 Å². The minimum atomic E-state index is -0.459. The summed E-state index contributed by atoms with van der Waals surface area (Å²) in [4.78, 5) is 15.7. The highest BCUT2D eigenvalue weighted by Gasteiger charge is 2.26. The van der Waals surface area contributed by atoms with E-state index < -0.39 is 5.82 Å². The number of carbonyl (C=O) groups excluding carboxylic acids is 1. The minimum absolute atomic E-state index is 0.0469. The first-order valence-electron chi connectivity index (χ1n) is 5.83. The van der Waals surface area contributed by atoms with E-state index in [4.69, 9.17) is 11.6 Å². The summed E-state index contributed by atoms with van der Waals surface area (Å²) in [6.45, 7) is 6.09. The molecule has 0 aromatic carbocycles. The van der Waals surface area contributed by atoms with Gasteiger partial charge in [-0.15, -0.1) is 11.6 Å². The van der Waals surface area contributed by atoms with Gasteiger partial charge in [0.25, 0.3) is 5.91 Å². The molecule has 5 heteroatoms. The normalized spacial score (nSPS) is 13.2. The van der Waals surface area contributed by atoms with Crippen molar-refractivity contribution in [2.75, 3.05) is 5.88 Å². The van der Waals surface area contributed by atoms with Crippen molar-refractivity contribution in [3.63, 3.8) is 0 Å². The van der Waals surface area contributed by atoms with Crippen LogP contribution in [0.25, 0.3) is 0 Å². The van der Waals surface area contributed by atoms with Crippen LogP contribution in [0.2, 0.25) is 0 Å². The van der Waals surface area contributed by atoms with Gasteiger partial charge in [-0.1, -0.05) is 20.8 Å². The molecular formula is C13H18ClFN2O. The highest BCUT2D eigenvalue weighted by Crippen LogP contribution is 2.22. The van der Waals surface area contributed by atoms with Crippen molar-refractivity contribution in [2.24, 2.45) is 5.41 Å². The van der Waals surface area contributed by atoms with E-state index in [1.165, 1.54) is 12.1 Å². The molecule has 1 N–H and O–H groups in total. The van der Waals surface area contributed by atoms with Crippen LogP contribution in [0.3, 0.4) is 0 Å². The molecule has 0 saturated carbocycles. The van der Waals surface area contributed by atoms with Crippen LogP contribution in [0.5, 0.6) is 0 Å². The Bertz CT molecular complexity index is 400. The number of alkyl halides is 1. The van der Waals surface area contributed by atoms with Crippen LogP contribution >= 0.6 is 11.6 Å². The molecule has 0 bridgehead atoms. The Morgan fingerprint density at radius 3 is 2.61 bits per heavy atom. The fourth-order valence-corrected chi connectivity index (χ4v) is 1.79. The maximum Gasteiger partial charge on any atom is 0.270 e. The number of nitrogens with zero attached hydrogens (tertiary/aromatic N) is 1. The number of hydrogen-bond acceptors (Lipinski definition) is 2. The average Bonchev–Trinajstić information content (AvgIpc) is 2.28. The zero-order valence-corrected chi connectivity index (χ0v) is 11.6. The standard InChI is InChI=1S/C13H18ClFN2O/c1-13(2,3)11(6-7-14)17-12(18)10-5-4-9(15)8-16-10/h4-5,8,11H,6-7H2,1-3H3,(H,17,18). The van der Waals surface area contributed by atoms with Crippen molar-refractivity contribution in [3.8, 4) is 0 Å². The number of carbonyl (C=O) groups is 1. The molecule has 100 valence electrons. The van der Waals surface area contributed by atoms with Crippen LogP contribution < -0.4 is 5.32 Å². The van der Waals surface area contributed by atoms with Crippen molar-refractivity contribution in [1.29, 1.82) is 0 Å². The van der Waals surface area contributed by atoms with Crippen LogP contribution in [0.4, 0.5) is 4.39 Å². The van der Waals surface area contributed by atoms with Gasteiger partial charge in [0.15, 0.2) is 0 Å². The van der Waals surface area contributed by atoms with E-state index in [0.717, 1.165) is 6.20 Å². The highest BCUT2D eigenvalue weighted by atomic mass is 35.5. The van der Waals surface area contributed by atoms with Gasteiger partial charge >= 0.3 is 0 Å². The lowest BCUT2D eigenvalue weighted by Crippen LogP contribution is -2.44. The smallest absolute Gasteiger partial charge is 0.270 e. The maximum absolute atomic E-state index is 12.7. The Kier molecular flexibility index (Phi) is 5.08. The fourth-order valence-electron chi connectivity index (χ4n) is 1.57. The first kappa shape index (κ1) is 14.9. The number of halogens is 2. The molecule has 1 aromatic heterocycles. The summed E-state index contributed by atoms with van der Waals surface area (Å²) in [5.74, 6) is -0.293. The number of hydrogen-bond donors (Lipinski definition) is 1. The molecule has 3 nitrogen and oxygen atoms in total. The molecule has 1 amide bonds. The number of pyridine rings is 1. The van der Waals surface area contributed by atoms with Crippen LogP contribution in [0.1, 0.15) is 37.7 Å². The van der Waals surface area contributed by atoms with Gasteiger partial charge in [0.1, 0.15) is 11.5 Å². The lowest BCUT2D eigenvalue weighted by molar-refractivity contribution is 0.0895. The van der Waals surface area contributed by atoms with Crippen molar-refractivity contribution in [3.05, 3.63) is 29.8 Å². The molecular weight excluding hydrogens is 255 g/mol. The number of aromatic nitrogens is 1. The molecule has 0 aliphatic rings. The zero-order chi connectivity index (χ0) is 13.8. The molecule has 0 aliphatic heterocycles. The SMILES string of the molecule is CC(C)(C)C(CCCl)NC(=O)c1ccc(F)cn1. The highest BCUT2D eigenvalue weighted by molar-refractivity contribution is 6.17. The summed E-state index contributed by atoms with van der Waals surface area (Å²) < 4.78 is 12.7. The minimum Gasteiger partial charge on any atom is -0.347 e. The monoisotopic (exact) mass is 272 g/mol. The van der Waals surface area contributed by atoms with Crippen LogP contribution in [0, 0.1) is 11.2 Å². The number of nitrogens with one attached hydrogen (secondary N) is 1. The van der Waals surface area contributed by atoms with E-state index >= 15 is 0 Å². The largest absolute Gasteiger partial charge is 0.347 e. The molecule has 1 atom stereocenters. The second kappa shape index (κ2) is 6.14. The number of rotatable bonds is 4. The van der Waals surface area contributed by atoms with Crippen LogP contribution in [-0.2, 0) is 0 Å². The maximum atomic E-state index is 12.7. The third-order valence-corrected chi connectivity index (χ3v) is 2.93. The molecule has 1 aromatic rings. The summed E-state index contributed by atoms with van der Waals surface area (Å²) in [7, 11) is 0. The Hall–Kier alpha value is -1.16. The Balaban J connectivity index is 2.75. The summed E-state index contributed by atoms with van der Waals surface area (Å²) in [5, 5.41) is 2.89. The molecule has 1 heterocycles. The van der Waals surface area contributed by atoms with Gasteiger partial charge in [-0.25, -0.2) is 9.37 Å². The molecule has 1 unspecified atom stereocenters. The van der Waals surface area contributed by atoms with Crippen molar-refractivity contribution in [1.82, 2.24) is 10.3 Å². The Morgan fingerprint density at radius 1 is 1.50 bits per heavy atom. The predicted octanol–water partition coefficient (Wildman–Crippen LogP) is 2.99. The molecule has 1 rings (SSSR count). The molecule has 0 fully saturated rings. The van der Waals surface area contributed by atoms with Gasteiger partial charge in [-0.05, 0) is 24.0 Å². The average molecular weight is 273 g/mol. The van der Waals surface area contributed by atoms with Crippen molar-refractivity contribution in [2.45, 2.75) is 33.2 Å². The van der Waals surface area contributed by atoms with Crippen LogP contribution in [-0.4, -0.2) is 22.8 Å². The summed E-state index contributed by atoms with van der Waals surface area (Å²) in [5.41, 5.74) is 0.116. The van der Waals surface area contributed by atoms with E-state index in [2.05, 4.69) is 10.3 Å². The molecule has 0 radical (unpaired) electrons. The van der Waals surface area contributed by atoms with E-state index in [0.29, 0.717) is 12.3 Å². The van der Waals surface area contributed by atoms with E-state index in [-0.39, 0.29) is 23.1 Å². The molecule has 18 heavy (non-hydrogen) atoms. The van der Waals surface area contributed by atoms with E-state index in [9.17, 15) is 9.18 Å². The van der Waals surface area contributed by atoms with Gasteiger partial charge in [-0.2, -0.15) is 0 Å². The first-order valence-corrected chi connectivity index (χ1v) is 6.36. The van der Waals surface area contributed by atoms with Crippen LogP contribution in [0.15, 0.2) is 18.3 Å². The summed E-state index contributed by atoms with van der Waals surface area (Å²) in [6, 6.07) is 2.54. The number of amides is 1. The summed E-state index contributed by atoms with van der Waals surface area (Å²) >= 11 is 5.74. The molecule has 0 saturated heterocycles. The van der Waals surface area contributed by atoms with Gasteiger partial charge in [-0.3, -0.25) is 4.79 Å². The fraction of sp³-hybridized carbons (Fsp3) is 0.538. The first-order chi connectivity index (χ1) is 8.34. The lowest BCUT2D eigenvalue weighted by atomic mass is 9.85. The lowest BCUT2D eigenvalue weighted by Gasteiger charge is -2.31. The second-order valence-electron chi connectivity index (χ2n) is 5.23. The quantitative estimate of drug-likeness (QED) is 0.856. The van der Waals surface area contributed by atoms with Gasteiger partial charge < -0.3 is 5.32 Å². The van der Waals surface area contributed by atoms with Gasteiger partial charge in [0.2, 0.25) is 0 Å². The van der Waals surface area contributed by atoms with Crippen molar-refractivity contribution < 1.29 is 9.18 Å².